The predicted octanol–water partition coefficient (Wildman–Crippen LogP) is 4.65. The molecule has 0 aromatic heterocycles. The topological polar surface area (TPSA) is 75.7 Å². The molecule has 3 aromatic carbocycles. The molecule has 3 aromatic rings. The molecule has 7 heteroatoms. The van der Waals surface area contributed by atoms with Crippen molar-refractivity contribution in [3.05, 3.63) is 106 Å². The Morgan fingerprint density at radius 2 is 1.66 bits per heavy atom. The first-order chi connectivity index (χ1) is 15.4. The number of hydrogen-bond acceptors (Lipinski definition) is 5. The average Bonchev–Trinajstić information content (AvgIpc) is 2.98. The van der Waals surface area contributed by atoms with E-state index in [1.807, 2.05) is 49.4 Å². The molecule has 0 atom stereocenters. The van der Waals surface area contributed by atoms with E-state index in [1.165, 1.54) is 0 Å². The summed E-state index contributed by atoms with van der Waals surface area (Å²) in [6.45, 7) is 2.04. The van der Waals surface area contributed by atoms with Crippen LogP contribution in [0.5, 0.6) is 5.75 Å². The number of rotatable bonds is 6. The Labute approximate surface area is 190 Å². The highest BCUT2D eigenvalue weighted by molar-refractivity contribution is 6.48. The van der Waals surface area contributed by atoms with Crippen LogP contribution in [0.1, 0.15) is 21.5 Å². The van der Waals surface area contributed by atoms with E-state index < -0.39 is 17.8 Å². The first kappa shape index (κ1) is 21.3. The molecule has 2 amide bonds. The lowest BCUT2D eigenvalue weighted by Crippen LogP contribution is -2.31. The first-order valence-corrected chi connectivity index (χ1v) is 10.3. The molecule has 6 nitrogen and oxygen atoms in total. The van der Waals surface area contributed by atoms with Crippen LogP contribution in [0, 0.1) is 6.92 Å². The number of hydrogen-bond donors (Lipinski definition) is 1. The zero-order valence-electron chi connectivity index (χ0n) is 17.2. The van der Waals surface area contributed by atoms with Crippen molar-refractivity contribution in [1.82, 2.24) is 4.90 Å². The van der Waals surface area contributed by atoms with Crippen LogP contribution in [0.4, 0.5) is 5.69 Å². The van der Waals surface area contributed by atoms with Gasteiger partial charge in [-0.05, 0) is 54.4 Å². The molecule has 0 saturated heterocycles. The fourth-order valence-electron chi connectivity index (χ4n) is 3.24. The van der Waals surface area contributed by atoms with Gasteiger partial charge in [0.2, 0.25) is 0 Å². The second-order valence-electron chi connectivity index (χ2n) is 7.28. The van der Waals surface area contributed by atoms with Gasteiger partial charge in [-0.2, -0.15) is 0 Å². The summed E-state index contributed by atoms with van der Waals surface area (Å²) in [4.78, 5) is 38.7. The van der Waals surface area contributed by atoms with Gasteiger partial charge >= 0.3 is 5.97 Å². The lowest BCUT2D eigenvalue weighted by molar-refractivity contribution is -0.138. The van der Waals surface area contributed by atoms with Gasteiger partial charge < -0.3 is 10.1 Å². The van der Waals surface area contributed by atoms with Gasteiger partial charge in [0.1, 0.15) is 16.5 Å². The first-order valence-electron chi connectivity index (χ1n) is 9.88. The maximum atomic E-state index is 12.8. The molecular weight excluding hydrogens is 428 g/mol. The van der Waals surface area contributed by atoms with Crippen LogP contribution in [-0.2, 0) is 16.1 Å². The van der Waals surface area contributed by atoms with Crippen molar-refractivity contribution in [2.75, 3.05) is 5.32 Å². The Kier molecular flexibility index (Phi) is 6.05. The Morgan fingerprint density at radius 1 is 0.938 bits per heavy atom. The maximum Gasteiger partial charge on any atom is 0.343 e. The van der Waals surface area contributed by atoms with Gasteiger partial charge in [0.25, 0.3) is 11.8 Å². The van der Waals surface area contributed by atoms with Gasteiger partial charge in [-0.25, -0.2) is 4.79 Å². The number of aryl methyl sites for hydroxylation is 1. The zero-order valence-corrected chi connectivity index (χ0v) is 17.9. The standard InChI is InChI=1S/C25H19ClN2O4/c1-16-6-5-9-20(14-16)32-25(31)18-10-12-19(13-11-18)27-22-21(26)23(29)28(24(22)30)15-17-7-3-2-4-8-17/h2-14,27H,15H2,1H3. The quantitative estimate of drug-likeness (QED) is 0.339. The molecule has 0 radical (unpaired) electrons. The van der Waals surface area contributed by atoms with E-state index in [9.17, 15) is 14.4 Å². The van der Waals surface area contributed by atoms with Crippen molar-refractivity contribution < 1.29 is 19.1 Å². The molecule has 1 heterocycles. The number of ether oxygens (including phenoxy) is 1. The predicted molar refractivity (Wildman–Crippen MR) is 121 cm³/mol. The van der Waals surface area contributed by atoms with E-state index in [0.29, 0.717) is 17.0 Å². The van der Waals surface area contributed by atoms with E-state index >= 15 is 0 Å². The summed E-state index contributed by atoms with van der Waals surface area (Å²) in [6, 6.07) is 22.7. The maximum absolute atomic E-state index is 12.8. The third kappa shape index (κ3) is 4.55. The smallest absolute Gasteiger partial charge is 0.343 e. The monoisotopic (exact) mass is 446 g/mol. The van der Waals surface area contributed by atoms with Crippen LogP contribution < -0.4 is 10.1 Å². The minimum absolute atomic E-state index is 0.00249. The van der Waals surface area contributed by atoms with Gasteiger partial charge in [-0.3, -0.25) is 14.5 Å². The Morgan fingerprint density at radius 3 is 2.34 bits per heavy atom. The van der Waals surface area contributed by atoms with Gasteiger partial charge in [0.15, 0.2) is 0 Å². The number of anilines is 1. The van der Waals surface area contributed by atoms with Crippen LogP contribution in [0.2, 0.25) is 0 Å². The summed E-state index contributed by atoms with van der Waals surface area (Å²) >= 11 is 6.15. The van der Waals surface area contributed by atoms with Crippen molar-refractivity contribution in [2.24, 2.45) is 0 Å². The molecular formula is C25H19ClN2O4. The molecule has 0 spiro atoms. The minimum Gasteiger partial charge on any atom is -0.423 e. The van der Waals surface area contributed by atoms with Gasteiger partial charge in [0, 0.05) is 5.69 Å². The number of carbonyl (C=O) groups is 3. The summed E-state index contributed by atoms with van der Waals surface area (Å²) in [7, 11) is 0. The molecule has 160 valence electrons. The highest BCUT2D eigenvalue weighted by atomic mass is 35.5. The molecule has 1 N–H and O–H groups in total. The molecule has 1 aliphatic rings. The lowest BCUT2D eigenvalue weighted by Gasteiger charge is -2.15. The van der Waals surface area contributed by atoms with Crippen molar-refractivity contribution in [2.45, 2.75) is 13.5 Å². The molecule has 4 rings (SSSR count). The summed E-state index contributed by atoms with van der Waals surface area (Å²) in [5.74, 6) is -1.10. The number of esters is 1. The second-order valence-corrected chi connectivity index (χ2v) is 7.66. The van der Waals surface area contributed by atoms with E-state index in [-0.39, 0.29) is 17.3 Å². The summed E-state index contributed by atoms with van der Waals surface area (Å²) in [5, 5.41) is 2.72. The van der Waals surface area contributed by atoms with Crippen LogP contribution in [0.25, 0.3) is 0 Å². The summed E-state index contributed by atoms with van der Waals surface area (Å²) in [6.07, 6.45) is 0. The van der Waals surface area contributed by atoms with Crippen molar-refractivity contribution in [3.8, 4) is 5.75 Å². The number of halogens is 1. The van der Waals surface area contributed by atoms with Gasteiger partial charge in [0.05, 0.1) is 12.1 Å². The molecule has 1 aliphatic heterocycles. The number of nitrogens with zero attached hydrogens (tertiary/aromatic N) is 1. The number of carbonyl (C=O) groups excluding carboxylic acids is 3. The van der Waals surface area contributed by atoms with Crippen LogP contribution in [-0.4, -0.2) is 22.7 Å². The highest BCUT2D eigenvalue weighted by Crippen LogP contribution is 2.27. The second kappa shape index (κ2) is 9.08. The van der Waals surface area contributed by atoms with E-state index in [2.05, 4.69) is 5.32 Å². The summed E-state index contributed by atoms with van der Waals surface area (Å²) in [5.41, 5.74) is 2.65. The van der Waals surface area contributed by atoms with E-state index in [0.717, 1.165) is 16.0 Å². The zero-order chi connectivity index (χ0) is 22.7. The number of benzene rings is 3. The lowest BCUT2D eigenvalue weighted by atomic mass is 10.2. The van der Waals surface area contributed by atoms with Gasteiger partial charge in [-0.15, -0.1) is 0 Å². The number of imide groups is 1. The fraction of sp³-hybridized carbons (Fsp3) is 0.0800. The van der Waals surface area contributed by atoms with E-state index in [1.54, 1.807) is 36.4 Å². The van der Waals surface area contributed by atoms with Crippen molar-refractivity contribution in [3.63, 3.8) is 0 Å². The average molecular weight is 447 g/mol. The van der Waals surface area contributed by atoms with Crippen molar-refractivity contribution >= 4 is 35.1 Å². The minimum atomic E-state index is -0.554. The molecule has 0 saturated carbocycles. The van der Waals surface area contributed by atoms with Crippen LogP contribution in [0.3, 0.4) is 0 Å². The summed E-state index contributed by atoms with van der Waals surface area (Å²) < 4.78 is 5.38. The van der Waals surface area contributed by atoms with Crippen LogP contribution >= 0.6 is 11.6 Å². The highest BCUT2D eigenvalue weighted by Gasteiger charge is 2.37. The third-order valence-electron chi connectivity index (χ3n) is 4.88. The largest absolute Gasteiger partial charge is 0.423 e. The third-order valence-corrected chi connectivity index (χ3v) is 5.24. The Balaban J connectivity index is 1.44. The normalized spacial score (nSPS) is 13.5. The van der Waals surface area contributed by atoms with Crippen LogP contribution in [0.15, 0.2) is 89.6 Å². The molecule has 0 bridgehead atoms. The Hall–Kier alpha value is -3.90. The fourth-order valence-corrected chi connectivity index (χ4v) is 3.47. The van der Waals surface area contributed by atoms with Crippen molar-refractivity contribution in [1.29, 1.82) is 0 Å². The number of amides is 2. The Bertz CT molecular complexity index is 1220. The molecule has 32 heavy (non-hydrogen) atoms. The van der Waals surface area contributed by atoms with E-state index in [4.69, 9.17) is 16.3 Å². The number of nitrogens with one attached hydrogen (secondary N) is 1. The SMILES string of the molecule is Cc1cccc(OC(=O)c2ccc(NC3=C(Cl)C(=O)N(Cc4ccccc4)C3=O)cc2)c1. The molecule has 0 unspecified atom stereocenters. The molecule has 0 aliphatic carbocycles. The molecule has 0 fully saturated rings. The van der Waals surface area contributed by atoms with Gasteiger partial charge in [-0.1, -0.05) is 54.1 Å².